The maximum atomic E-state index is 4.45. The number of benzene rings is 1. The van der Waals surface area contributed by atoms with Crippen LogP contribution in [-0.4, -0.2) is 68.1 Å². The molecule has 0 spiro atoms. The number of aliphatic imine (C=N–C) groups is 1. The molecule has 3 rings (SSSR count). The van der Waals surface area contributed by atoms with E-state index in [9.17, 15) is 0 Å². The van der Waals surface area contributed by atoms with Crippen LogP contribution in [0.5, 0.6) is 0 Å². The second-order valence-corrected chi connectivity index (χ2v) is 8.06. The molecule has 2 saturated heterocycles. The number of rotatable bonds is 5. The van der Waals surface area contributed by atoms with E-state index in [0.717, 1.165) is 31.5 Å². The molecule has 5 nitrogen and oxygen atoms in total. The Hall–Kier alpha value is -1.59. The van der Waals surface area contributed by atoms with Gasteiger partial charge in [-0.05, 0) is 51.3 Å². The van der Waals surface area contributed by atoms with E-state index in [1.165, 1.54) is 37.9 Å². The fourth-order valence-corrected chi connectivity index (χ4v) is 4.31. The lowest BCUT2D eigenvalue weighted by molar-refractivity contribution is 0.210. The summed E-state index contributed by atoms with van der Waals surface area (Å²) < 4.78 is 0. The topological polar surface area (TPSA) is 42.9 Å². The van der Waals surface area contributed by atoms with E-state index in [2.05, 4.69) is 69.7 Å². The molecule has 2 fully saturated rings. The summed E-state index contributed by atoms with van der Waals surface area (Å²) in [6.07, 6.45) is 3.79. The van der Waals surface area contributed by atoms with Crippen LogP contribution in [0, 0.1) is 5.92 Å². The van der Waals surface area contributed by atoms with Gasteiger partial charge in [0, 0.05) is 45.3 Å². The highest BCUT2D eigenvalue weighted by atomic mass is 15.3. The average molecular weight is 358 g/mol. The van der Waals surface area contributed by atoms with Crippen molar-refractivity contribution in [2.24, 2.45) is 10.9 Å². The molecule has 144 valence electrons. The minimum Gasteiger partial charge on any atom is -0.356 e. The monoisotopic (exact) mass is 357 g/mol. The van der Waals surface area contributed by atoms with Gasteiger partial charge in [0.05, 0.1) is 0 Å². The highest BCUT2D eigenvalue weighted by molar-refractivity contribution is 5.80. The highest BCUT2D eigenvalue weighted by Crippen LogP contribution is 2.20. The molecule has 5 heteroatoms. The molecule has 2 N–H and O–H groups in total. The van der Waals surface area contributed by atoms with Crippen LogP contribution in [0.25, 0.3) is 0 Å². The molecule has 26 heavy (non-hydrogen) atoms. The molecule has 0 aliphatic carbocycles. The molecular weight excluding hydrogens is 322 g/mol. The van der Waals surface area contributed by atoms with Crippen LogP contribution < -0.4 is 10.6 Å². The van der Waals surface area contributed by atoms with Crippen molar-refractivity contribution >= 4 is 5.96 Å². The van der Waals surface area contributed by atoms with Gasteiger partial charge in [0.2, 0.25) is 0 Å². The molecule has 0 amide bonds. The van der Waals surface area contributed by atoms with Crippen molar-refractivity contribution in [3.8, 4) is 0 Å². The molecule has 2 aliphatic rings. The molecular formula is C21H35N5. The van der Waals surface area contributed by atoms with Gasteiger partial charge in [0.1, 0.15) is 0 Å². The predicted molar refractivity (Wildman–Crippen MR) is 109 cm³/mol. The lowest BCUT2D eigenvalue weighted by Gasteiger charge is -2.30. The third-order valence-electron chi connectivity index (χ3n) is 5.78. The molecule has 3 atom stereocenters. The van der Waals surface area contributed by atoms with E-state index >= 15 is 0 Å². The number of likely N-dealkylation sites (tertiary alicyclic amines) is 2. The zero-order valence-electron chi connectivity index (χ0n) is 16.6. The Morgan fingerprint density at radius 3 is 2.77 bits per heavy atom. The van der Waals surface area contributed by atoms with Crippen LogP contribution in [0.1, 0.15) is 31.7 Å². The maximum Gasteiger partial charge on any atom is 0.191 e. The summed E-state index contributed by atoms with van der Waals surface area (Å²) in [7, 11) is 4.10. The number of piperidine rings is 1. The quantitative estimate of drug-likeness (QED) is 0.626. The first kappa shape index (κ1) is 19.2. The van der Waals surface area contributed by atoms with Gasteiger partial charge < -0.3 is 15.5 Å². The third kappa shape index (κ3) is 5.45. The van der Waals surface area contributed by atoms with E-state index in [4.69, 9.17) is 0 Å². The minimum absolute atomic E-state index is 0.467. The summed E-state index contributed by atoms with van der Waals surface area (Å²) in [5, 5.41) is 7.21. The first-order valence-corrected chi connectivity index (χ1v) is 10.1. The summed E-state index contributed by atoms with van der Waals surface area (Å²) in [5.41, 5.74) is 1.39. The molecule has 2 aliphatic heterocycles. The molecule has 0 aromatic heterocycles. The summed E-state index contributed by atoms with van der Waals surface area (Å²) >= 11 is 0. The Morgan fingerprint density at radius 2 is 2.04 bits per heavy atom. The Bertz CT molecular complexity index is 573. The van der Waals surface area contributed by atoms with Crippen molar-refractivity contribution in [2.75, 3.05) is 40.3 Å². The molecule has 3 unspecified atom stereocenters. The van der Waals surface area contributed by atoms with Crippen molar-refractivity contribution in [1.29, 1.82) is 0 Å². The highest BCUT2D eigenvalue weighted by Gasteiger charge is 2.29. The van der Waals surface area contributed by atoms with Crippen molar-refractivity contribution < 1.29 is 0 Å². The van der Waals surface area contributed by atoms with Gasteiger partial charge in [0.25, 0.3) is 0 Å². The molecule has 0 bridgehead atoms. The first-order chi connectivity index (χ1) is 12.6. The van der Waals surface area contributed by atoms with E-state index in [-0.39, 0.29) is 0 Å². The predicted octanol–water partition coefficient (Wildman–Crippen LogP) is 2.16. The normalized spacial score (nSPS) is 28.3. The molecule has 1 aromatic rings. The number of guanidine groups is 1. The Labute approximate surface area is 158 Å². The Morgan fingerprint density at radius 1 is 1.23 bits per heavy atom. The molecule has 0 radical (unpaired) electrons. The Balaban J connectivity index is 1.45. The van der Waals surface area contributed by atoms with Gasteiger partial charge in [0.15, 0.2) is 5.96 Å². The van der Waals surface area contributed by atoms with Crippen molar-refractivity contribution in [2.45, 2.75) is 44.8 Å². The van der Waals surface area contributed by atoms with Crippen LogP contribution in [0.3, 0.4) is 0 Å². The van der Waals surface area contributed by atoms with Crippen molar-refractivity contribution in [1.82, 2.24) is 20.4 Å². The van der Waals surface area contributed by atoms with E-state index in [0.29, 0.717) is 12.1 Å². The number of nitrogens with zero attached hydrogens (tertiary/aromatic N) is 3. The van der Waals surface area contributed by atoms with Gasteiger partial charge in [-0.1, -0.05) is 30.3 Å². The van der Waals surface area contributed by atoms with Crippen LogP contribution in [0.15, 0.2) is 35.3 Å². The summed E-state index contributed by atoms with van der Waals surface area (Å²) in [4.78, 5) is 9.45. The number of hydrogen-bond acceptors (Lipinski definition) is 3. The lowest BCUT2D eigenvalue weighted by atomic mass is 9.98. The van der Waals surface area contributed by atoms with Gasteiger partial charge >= 0.3 is 0 Å². The van der Waals surface area contributed by atoms with Crippen LogP contribution in [0.2, 0.25) is 0 Å². The van der Waals surface area contributed by atoms with E-state index in [1.54, 1.807) is 0 Å². The average Bonchev–Trinajstić information content (AvgIpc) is 2.98. The van der Waals surface area contributed by atoms with Crippen LogP contribution in [-0.2, 0) is 6.54 Å². The van der Waals surface area contributed by atoms with Crippen LogP contribution >= 0.6 is 0 Å². The minimum atomic E-state index is 0.467. The SMILES string of the molecule is CN=C(NCC1CCCN(C)C1)NC1CC(C)N(Cc2ccccc2)C1. The van der Waals surface area contributed by atoms with Crippen molar-refractivity contribution in [3.05, 3.63) is 35.9 Å². The smallest absolute Gasteiger partial charge is 0.191 e. The van der Waals surface area contributed by atoms with Gasteiger partial charge in [-0.25, -0.2) is 0 Å². The maximum absolute atomic E-state index is 4.45. The largest absolute Gasteiger partial charge is 0.356 e. The van der Waals surface area contributed by atoms with Gasteiger partial charge in [-0.3, -0.25) is 9.89 Å². The van der Waals surface area contributed by atoms with E-state index in [1.807, 2.05) is 7.05 Å². The fraction of sp³-hybridized carbons (Fsp3) is 0.667. The first-order valence-electron chi connectivity index (χ1n) is 10.1. The molecule has 1 aromatic carbocycles. The second-order valence-electron chi connectivity index (χ2n) is 8.06. The number of nitrogens with one attached hydrogen (secondary N) is 2. The second kappa shape index (κ2) is 9.38. The standard InChI is InChI=1S/C21H35N5/c1-17-12-20(16-26(17)15-18-8-5-4-6-9-18)24-21(22-2)23-13-19-10-7-11-25(3)14-19/h4-6,8-9,17,19-20H,7,10-16H2,1-3H3,(H2,22,23,24). The lowest BCUT2D eigenvalue weighted by Crippen LogP contribution is -2.47. The van der Waals surface area contributed by atoms with Gasteiger partial charge in [-0.2, -0.15) is 0 Å². The summed E-state index contributed by atoms with van der Waals surface area (Å²) in [6, 6.07) is 11.8. The zero-order chi connectivity index (χ0) is 18.4. The van der Waals surface area contributed by atoms with Gasteiger partial charge in [-0.15, -0.1) is 0 Å². The van der Waals surface area contributed by atoms with Crippen LogP contribution in [0.4, 0.5) is 0 Å². The molecule has 0 saturated carbocycles. The summed E-state index contributed by atoms with van der Waals surface area (Å²) in [6.45, 7) is 7.87. The van der Waals surface area contributed by atoms with E-state index < -0.39 is 0 Å². The number of hydrogen-bond donors (Lipinski definition) is 2. The Kier molecular flexibility index (Phi) is 6.92. The van der Waals surface area contributed by atoms with Crippen molar-refractivity contribution in [3.63, 3.8) is 0 Å². The summed E-state index contributed by atoms with van der Waals surface area (Å²) in [5.74, 6) is 1.68. The third-order valence-corrected chi connectivity index (χ3v) is 5.78. The fourth-order valence-electron chi connectivity index (χ4n) is 4.31. The zero-order valence-corrected chi connectivity index (χ0v) is 16.6. The molecule has 2 heterocycles.